The van der Waals surface area contributed by atoms with Gasteiger partial charge in [-0.2, -0.15) is 0 Å². The molecule has 1 atom stereocenters. The fraction of sp³-hybridized carbons (Fsp3) is 0.400. The minimum atomic E-state index is -0.632. The third-order valence-electron chi connectivity index (χ3n) is 6.66. The summed E-state index contributed by atoms with van der Waals surface area (Å²) in [4.78, 5) is 38.6. The Morgan fingerprint density at radius 3 is 2.46 bits per heavy atom. The van der Waals surface area contributed by atoms with Crippen LogP contribution in [0.1, 0.15) is 53.5 Å². The molecule has 0 unspecified atom stereocenters. The number of rotatable bonds is 4. The number of aromatic amines is 2. The Labute approximate surface area is 201 Å². The minimum Gasteiger partial charge on any atom is -0.378 e. The number of amides is 1. The second-order valence-corrected chi connectivity index (χ2v) is 9.24. The lowest BCUT2D eigenvalue weighted by molar-refractivity contribution is -0.140. The SMILES string of the molecule is C[C@@H](NC(=O)CC12CCC(CC1)OC2)c1ccc(F)cc1F.O=c1[nH]c(=O)c2cc(F)ccc2[nH]1.[HH].[HH]. The van der Waals surface area contributed by atoms with Crippen molar-refractivity contribution in [1.29, 1.82) is 0 Å². The van der Waals surface area contributed by atoms with Crippen molar-refractivity contribution >= 4 is 16.8 Å². The van der Waals surface area contributed by atoms with E-state index in [-0.39, 0.29) is 19.6 Å². The van der Waals surface area contributed by atoms with Crippen LogP contribution in [0.15, 0.2) is 46.0 Å². The summed E-state index contributed by atoms with van der Waals surface area (Å²) in [7, 11) is 0. The van der Waals surface area contributed by atoms with E-state index in [1.165, 1.54) is 24.3 Å². The van der Waals surface area contributed by atoms with Crippen LogP contribution in [0, 0.1) is 22.9 Å². The highest BCUT2D eigenvalue weighted by Crippen LogP contribution is 2.45. The Balaban J connectivity index is 0.000000277. The largest absolute Gasteiger partial charge is 0.378 e. The van der Waals surface area contributed by atoms with Crippen molar-refractivity contribution in [2.24, 2.45) is 5.41 Å². The van der Waals surface area contributed by atoms with Gasteiger partial charge in [-0.05, 0) is 56.9 Å². The summed E-state index contributed by atoms with van der Waals surface area (Å²) in [6.45, 7) is 2.35. The van der Waals surface area contributed by atoms with Gasteiger partial charge in [0.15, 0.2) is 0 Å². The molecular weight excluding hydrogens is 463 g/mol. The molecule has 1 aliphatic carbocycles. The van der Waals surface area contributed by atoms with Crippen molar-refractivity contribution < 1.29 is 25.6 Å². The monoisotopic (exact) mass is 493 g/mol. The number of ether oxygens (including phenoxy) is 1. The Morgan fingerprint density at radius 1 is 1.11 bits per heavy atom. The van der Waals surface area contributed by atoms with E-state index in [9.17, 15) is 27.6 Å². The molecule has 1 saturated carbocycles. The molecule has 0 spiro atoms. The lowest BCUT2D eigenvalue weighted by Gasteiger charge is -2.46. The maximum atomic E-state index is 13.7. The molecule has 3 heterocycles. The van der Waals surface area contributed by atoms with E-state index >= 15 is 0 Å². The Hall–Kier alpha value is -3.40. The molecule has 2 bridgehead atoms. The average molecular weight is 494 g/mol. The van der Waals surface area contributed by atoms with Gasteiger partial charge in [-0.1, -0.05) is 6.07 Å². The predicted molar refractivity (Wildman–Crippen MR) is 128 cm³/mol. The van der Waals surface area contributed by atoms with Crippen molar-refractivity contribution in [2.75, 3.05) is 6.61 Å². The highest BCUT2D eigenvalue weighted by atomic mass is 19.1. The van der Waals surface area contributed by atoms with Gasteiger partial charge in [0.2, 0.25) is 5.91 Å². The number of aromatic nitrogens is 2. The number of hydrogen-bond donors (Lipinski definition) is 3. The van der Waals surface area contributed by atoms with E-state index in [1.807, 2.05) is 4.98 Å². The molecule has 35 heavy (non-hydrogen) atoms. The van der Waals surface area contributed by atoms with Crippen LogP contribution in [0.4, 0.5) is 13.2 Å². The Bertz CT molecular complexity index is 1340. The van der Waals surface area contributed by atoms with Crippen LogP contribution < -0.4 is 16.6 Å². The van der Waals surface area contributed by atoms with Crippen molar-refractivity contribution in [3.63, 3.8) is 0 Å². The Kier molecular flexibility index (Phi) is 7.11. The zero-order chi connectivity index (χ0) is 25.2. The molecule has 6 rings (SSSR count). The van der Waals surface area contributed by atoms with Gasteiger partial charge in [-0.25, -0.2) is 18.0 Å². The van der Waals surface area contributed by atoms with Gasteiger partial charge in [0.05, 0.1) is 29.7 Å². The highest BCUT2D eigenvalue weighted by molar-refractivity contribution is 5.77. The number of benzene rings is 2. The third-order valence-corrected chi connectivity index (χ3v) is 6.66. The van der Waals surface area contributed by atoms with Gasteiger partial charge in [-0.15, -0.1) is 0 Å². The number of nitrogens with one attached hydrogen (secondary N) is 3. The molecule has 3 fully saturated rings. The number of H-pyrrole nitrogens is 2. The zero-order valence-electron chi connectivity index (χ0n) is 19.1. The fourth-order valence-electron chi connectivity index (χ4n) is 4.74. The lowest BCUT2D eigenvalue weighted by atomic mass is 9.69. The molecule has 10 heteroatoms. The lowest BCUT2D eigenvalue weighted by Crippen LogP contribution is -2.45. The van der Waals surface area contributed by atoms with Crippen molar-refractivity contribution in [3.8, 4) is 0 Å². The molecule has 7 nitrogen and oxygen atoms in total. The van der Waals surface area contributed by atoms with E-state index in [2.05, 4.69) is 10.3 Å². The summed E-state index contributed by atoms with van der Waals surface area (Å²) in [6.07, 6.45) is 4.86. The molecule has 1 amide bonds. The van der Waals surface area contributed by atoms with Crippen LogP contribution in [0.3, 0.4) is 0 Å². The summed E-state index contributed by atoms with van der Waals surface area (Å²) < 4.78 is 45.1. The van der Waals surface area contributed by atoms with Crippen LogP contribution in [-0.4, -0.2) is 28.6 Å². The summed E-state index contributed by atoms with van der Waals surface area (Å²) in [6, 6.07) is 6.54. The highest BCUT2D eigenvalue weighted by Gasteiger charge is 2.42. The number of hydrogen-bond acceptors (Lipinski definition) is 4. The molecule has 3 N–H and O–H groups in total. The van der Waals surface area contributed by atoms with Crippen LogP contribution in [0.5, 0.6) is 0 Å². The van der Waals surface area contributed by atoms with Gasteiger partial charge < -0.3 is 15.0 Å². The van der Waals surface area contributed by atoms with Gasteiger partial charge in [0.1, 0.15) is 17.5 Å². The van der Waals surface area contributed by atoms with E-state index in [0.29, 0.717) is 30.2 Å². The summed E-state index contributed by atoms with van der Waals surface area (Å²) >= 11 is 0. The van der Waals surface area contributed by atoms with Crippen LogP contribution in [0.2, 0.25) is 0 Å². The molecule has 2 aromatic carbocycles. The summed E-state index contributed by atoms with van der Waals surface area (Å²) in [5.74, 6) is -1.85. The maximum absolute atomic E-state index is 13.7. The molecule has 2 saturated heterocycles. The number of halogens is 3. The van der Waals surface area contributed by atoms with Crippen molar-refractivity contribution in [3.05, 3.63) is 80.3 Å². The van der Waals surface area contributed by atoms with Crippen LogP contribution in [-0.2, 0) is 9.53 Å². The molecule has 3 aliphatic rings. The minimum absolute atomic E-state index is 0. The second kappa shape index (κ2) is 10.1. The number of carbonyl (C=O) groups excluding carboxylic acids is 1. The fourth-order valence-corrected chi connectivity index (χ4v) is 4.74. The van der Waals surface area contributed by atoms with Gasteiger partial charge in [0.25, 0.3) is 5.56 Å². The molecule has 0 radical (unpaired) electrons. The molecule has 2 aliphatic heterocycles. The predicted octanol–water partition coefficient (Wildman–Crippen LogP) is 4.34. The molecular formula is C25H30F3N3O4. The number of fused-ring (bicyclic) bond motifs is 4. The van der Waals surface area contributed by atoms with Crippen molar-refractivity contribution in [2.45, 2.75) is 51.2 Å². The van der Waals surface area contributed by atoms with E-state index in [4.69, 9.17) is 4.74 Å². The van der Waals surface area contributed by atoms with E-state index in [1.54, 1.807) is 6.92 Å². The maximum Gasteiger partial charge on any atom is 0.326 e. The van der Waals surface area contributed by atoms with Gasteiger partial charge in [0, 0.05) is 26.3 Å². The average Bonchev–Trinajstić information content (AvgIpc) is 2.80. The smallest absolute Gasteiger partial charge is 0.326 e. The van der Waals surface area contributed by atoms with Crippen LogP contribution >= 0.6 is 0 Å². The first kappa shape index (κ1) is 24.7. The first-order valence-corrected chi connectivity index (χ1v) is 11.4. The normalized spacial score (nSPS) is 21.8. The van der Waals surface area contributed by atoms with Gasteiger partial charge >= 0.3 is 5.69 Å². The topological polar surface area (TPSA) is 104 Å². The first-order chi connectivity index (χ1) is 16.6. The molecule has 3 aromatic rings. The molecule has 1 aromatic heterocycles. The first-order valence-electron chi connectivity index (χ1n) is 11.4. The van der Waals surface area contributed by atoms with E-state index in [0.717, 1.165) is 37.8 Å². The summed E-state index contributed by atoms with van der Waals surface area (Å²) in [5, 5.41) is 2.96. The summed E-state index contributed by atoms with van der Waals surface area (Å²) in [5.41, 5.74) is -0.603. The quantitative estimate of drug-likeness (QED) is 0.503. The zero-order valence-corrected chi connectivity index (χ0v) is 19.1. The van der Waals surface area contributed by atoms with Gasteiger partial charge in [-0.3, -0.25) is 14.6 Å². The third kappa shape index (κ3) is 5.82. The number of carbonyl (C=O) groups is 1. The Morgan fingerprint density at radius 2 is 1.80 bits per heavy atom. The standard InChI is InChI=1S/C17H21F2NO2.C8H5FN2O2.2H2/c1-11(14-3-2-12(18)8-15(14)19)20-16(21)9-17-6-4-13(5-7-17)22-10-17;9-4-1-2-6-5(3-4)7(12)11-8(13)10-6;;/h2-3,8,11,13H,4-7,9-10H2,1H3,(H,20,21);1-3H,(H2,10,11,12,13);2*1H/t11-,13?,17?;;;/m1.../s1. The van der Waals surface area contributed by atoms with Crippen molar-refractivity contribution in [1.82, 2.24) is 15.3 Å². The van der Waals surface area contributed by atoms with E-state index < -0.39 is 34.7 Å². The molecule has 190 valence electrons. The van der Waals surface area contributed by atoms with Crippen LogP contribution in [0.25, 0.3) is 10.9 Å². The second-order valence-electron chi connectivity index (χ2n) is 9.24.